The Kier molecular flexibility index (Phi) is 3.75. The first kappa shape index (κ1) is 13.2. The van der Waals surface area contributed by atoms with Gasteiger partial charge < -0.3 is 10.6 Å². The van der Waals surface area contributed by atoms with Crippen molar-refractivity contribution in [3.8, 4) is 0 Å². The number of hydrogen-bond donors (Lipinski definition) is 1. The molecule has 2 N–H and O–H groups in total. The predicted molar refractivity (Wildman–Crippen MR) is 85.1 cm³/mol. The maximum atomic E-state index is 6.12. The van der Waals surface area contributed by atoms with Crippen LogP contribution in [0.25, 0.3) is 0 Å². The summed E-state index contributed by atoms with van der Waals surface area (Å²) in [5.41, 5.74) is 11.7. The van der Waals surface area contributed by atoms with Crippen LogP contribution >= 0.6 is 0 Å². The number of benzene rings is 2. The molecule has 0 radical (unpaired) electrons. The van der Waals surface area contributed by atoms with Gasteiger partial charge in [0, 0.05) is 24.8 Å². The van der Waals surface area contributed by atoms with Crippen LogP contribution in [0, 0.1) is 0 Å². The molecule has 1 aliphatic rings. The average molecular weight is 266 g/mol. The van der Waals surface area contributed by atoms with E-state index in [1.807, 2.05) is 0 Å². The zero-order valence-corrected chi connectivity index (χ0v) is 12.0. The van der Waals surface area contributed by atoms with E-state index in [-0.39, 0.29) is 6.04 Å². The second kappa shape index (κ2) is 5.68. The molecule has 0 saturated heterocycles. The van der Waals surface area contributed by atoms with Crippen LogP contribution < -0.4 is 10.6 Å². The van der Waals surface area contributed by atoms with Gasteiger partial charge in [0.15, 0.2) is 0 Å². The lowest BCUT2D eigenvalue weighted by Gasteiger charge is -2.26. The van der Waals surface area contributed by atoms with Gasteiger partial charge in [-0.2, -0.15) is 0 Å². The molecule has 0 saturated carbocycles. The number of hydrogen-bond acceptors (Lipinski definition) is 2. The van der Waals surface area contributed by atoms with E-state index in [2.05, 4.69) is 60.4 Å². The lowest BCUT2D eigenvalue weighted by molar-refractivity contribution is 0.767. The fourth-order valence-corrected chi connectivity index (χ4v) is 3.07. The molecule has 2 nitrogen and oxygen atoms in total. The summed E-state index contributed by atoms with van der Waals surface area (Å²) in [6.07, 6.45) is 2.23. The first-order valence-electron chi connectivity index (χ1n) is 7.42. The summed E-state index contributed by atoms with van der Waals surface area (Å²) in [5.74, 6) is 0. The number of rotatable bonds is 2. The quantitative estimate of drug-likeness (QED) is 0.903. The van der Waals surface area contributed by atoms with Crippen LogP contribution in [0.1, 0.15) is 29.7 Å². The Morgan fingerprint density at radius 3 is 2.05 bits per heavy atom. The molecule has 0 spiro atoms. The van der Waals surface area contributed by atoms with Crippen molar-refractivity contribution in [2.24, 2.45) is 5.73 Å². The highest BCUT2D eigenvalue weighted by molar-refractivity contribution is 5.55. The molecular weight excluding hydrogens is 244 g/mol. The Morgan fingerprint density at radius 2 is 1.45 bits per heavy atom. The minimum Gasteiger partial charge on any atom is -0.371 e. The second-order valence-corrected chi connectivity index (χ2v) is 5.60. The molecule has 2 aromatic carbocycles. The van der Waals surface area contributed by atoms with Crippen molar-refractivity contribution in [3.63, 3.8) is 0 Å². The van der Waals surface area contributed by atoms with Crippen LogP contribution in [0.4, 0.5) is 5.69 Å². The molecular formula is C18H22N2. The van der Waals surface area contributed by atoms with Crippen LogP contribution in [-0.4, -0.2) is 13.1 Å². The fraction of sp³-hybridized carbons (Fsp3) is 0.333. The Bertz CT molecular complexity index is 562. The van der Waals surface area contributed by atoms with Crippen LogP contribution in [0.15, 0.2) is 48.5 Å². The third kappa shape index (κ3) is 2.56. The van der Waals surface area contributed by atoms with E-state index in [0.29, 0.717) is 0 Å². The van der Waals surface area contributed by atoms with Gasteiger partial charge in [0.25, 0.3) is 0 Å². The van der Waals surface area contributed by atoms with Crippen molar-refractivity contribution < 1.29 is 0 Å². The highest BCUT2D eigenvalue weighted by atomic mass is 15.1. The topological polar surface area (TPSA) is 29.3 Å². The van der Waals surface area contributed by atoms with E-state index in [1.54, 1.807) is 0 Å². The standard InChI is InChI=1S/C18H22N2/c1-14(19)17-8-4-5-9-18(17)20-12-10-15-6-2-3-7-16(15)11-13-20/h2-9,14H,10-13,19H2,1H3. The third-order valence-electron chi connectivity index (χ3n) is 4.19. The van der Waals surface area contributed by atoms with E-state index in [0.717, 1.165) is 25.9 Å². The Morgan fingerprint density at radius 1 is 0.900 bits per heavy atom. The fourth-order valence-electron chi connectivity index (χ4n) is 3.07. The summed E-state index contributed by atoms with van der Waals surface area (Å²) in [5, 5.41) is 0. The monoisotopic (exact) mass is 266 g/mol. The van der Waals surface area contributed by atoms with E-state index >= 15 is 0 Å². The van der Waals surface area contributed by atoms with E-state index in [9.17, 15) is 0 Å². The van der Waals surface area contributed by atoms with Gasteiger partial charge in [0.05, 0.1) is 0 Å². The van der Waals surface area contributed by atoms with Gasteiger partial charge in [-0.05, 0) is 42.5 Å². The van der Waals surface area contributed by atoms with Crippen molar-refractivity contribution in [1.82, 2.24) is 0 Å². The summed E-state index contributed by atoms with van der Waals surface area (Å²) in [6.45, 7) is 4.20. The minimum atomic E-state index is 0.0804. The molecule has 0 aliphatic carbocycles. The molecule has 20 heavy (non-hydrogen) atoms. The molecule has 2 aromatic rings. The van der Waals surface area contributed by atoms with Gasteiger partial charge in [0.2, 0.25) is 0 Å². The Hall–Kier alpha value is -1.80. The number of nitrogens with zero attached hydrogens (tertiary/aromatic N) is 1. The minimum absolute atomic E-state index is 0.0804. The molecule has 0 aromatic heterocycles. The first-order valence-corrected chi connectivity index (χ1v) is 7.42. The summed E-state index contributed by atoms with van der Waals surface area (Å²) < 4.78 is 0. The molecule has 1 aliphatic heterocycles. The predicted octanol–water partition coefficient (Wildman–Crippen LogP) is 3.31. The van der Waals surface area contributed by atoms with Gasteiger partial charge in [-0.1, -0.05) is 42.5 Å². The van der Waals surface area contributed by atoms with Gasteiger partial charge in [-0.3, -0.25) is 0 Å². The third-order valence-corrected chi connectivity index (χ3v) is 4.19. The van der Waals surface area contributed by atoms with Gasteiger partial charge in [-0.15, -0.1) is 0 Å². The number of fused-ring (bicyclic) bond motifs is 1. The van der Waals surface area contributed by atoms with Gasteiger partial charge >= 0.3 is 0 Å². The smallest absolute Gasteiger partial charge is 0.0414 e. The summed E-state index contributed by atoms with van der Waals surface area (Å²) >= 11 is 0. The number of anilines is 1. The zero-order chi connectivity index (χ0) is 13.9. The average Bonchev–Trinajstić information content (AvgIpc) is 2.70. The van der Waals surface area contributed by atoms with E-state index < -0.39 is 0 Å². The van der Waals surface area contributed by atoms with Crippen LogP contribution in [-0.2, 0) is 12.8 Å². The van der Waals surface area contributed by atoms with Crippen LogP contribution in [0.3, 0.4) is 0 Å². The summed E-state index contributed by atoms with van der Waals surface area (Å²) in [7, 11) is 0. The largest absolute Gasteiger partial charge is 0.371 e. The van der Waals surface area contributed by atoms with Crippen LogP contribution in [0.2, 0.25) is 0 Å². The lowest BCUT2D eigenvalue weighted by atomic mass is 10.0. The second-order valence-electron chi connectivity index (χ2n) is 5.60. The van der Waals surface area contributed by atoms with Gasteiger partial charge in [-0.25, -0.2) is 0 Å². The molecule has 1 atom stereocenters. The molecule has 0 amide bonds. The maximum absolute atomic E-state index is 6.12. The molecule has 3 rings (SSSR count). The Balaban J connectivity index is 1.87. The van der Waals surface area contributed by atoms with Crippen LogP contribution in [0.5, 0.6) is 0 Å². The molecule has 1 heterocycles. The van der Waals surface area contributed by atoms with Crippen molar-refractivity contribution in [2.75, 3.05) is 18.0 Å². The summed E-state index contributed by atoms with van der Waals surface area (Å²) in [6, 6.07) is 17.4. The van der Waals surface area contributed by atoms with Gasteiger partial charge in [0.1, 0.15) is 0 Å². The molecule has 104 valence electrons. The Labute approximate surface area is 121 Å². The number of para-hydroxylation sites is 1. The van der Waals surface area contributed by atoms with Crippen molar-refractivity contribution in [2.45, 2.75) is 25.8 Å². The molecule has 0 bridgehead atoms. The maximum Gasteiger partial charge on any atom is 0.0414 e. The first-order chi connectivity index (χ1) is 9.75. The molecule has 2 heteroatoms. The van der Waals surface area contributed by atoms with E-state index in [4.69, 9.17) is 5.73 Å². The molecule has 1 unspecified atom stereocenters. The highest BCUT2D eigenvalue weighted by Gasteiger charge is 2.17. The lowest BCUT2D eigenvalue weighted by Crippen LogP contribution is -2.28. The van der Waals surface area contributed by atoms with Crippen molar-refractivity contribution in [3.05, 3.63) is 65.2 Å². The molecule has 0 fully saturated rings. The summed E-state index contributed by atoms with van der Waals surface area (Å²) in [4.78, 5) is 2.48. The van der Waals surface area contributed by atoms with Crippen molar-refractivity contribution in [1.29, 1.82) is 0 Å². The normalized spacial score (nSPS) is 16.4. The van der Waals surface area contributed by atoms with Crippen molar-refractivity contribution >= 4 is 5.69 Å². The SMILES string of the molecule is CC(N)c1ccccc1N1CCc2ccccc2CC1. The van der Waals surface area contributed by atoms with E-state index in [1.165, 1.54) is 22.4 Å². The highest BCUT2D eigenvalue weighted by Crippen LogP contribution is 2.27. The number of nitrogens with two attached hydrogens (primary N) is 1. The zero-order valence-electron chi connectivity index (χ0n) is 12.0.